The molecule has 0 saturated heterocycles. The van der Waals surface area contributed by atoms with E-state index in [4.69, 9.17) is 0 Å². The number of nitrogens with one attached hydrogen (secondary N) is 1. The molecule has 0 saturated carbocycles. The molecule has 1 N–H and O–H groups in total. The second kappa shape index (κ2) is 6.78. The van der Waals surface area contributed by atoms with Crippen LogP contribution in [0, 0.1) is 20.8 Å². The van der Waals surface area contributed by atoms with E-state index in [1.165, 1.54) is 0 Å². The number of nitrogens with zero attached hydrogens (tertiary/aromatic N) is 3. The fraction of sp³-hybridized carbons (Fsp3) is 0.222. The van der Waals surface area contributed by atoms with Crippen molar-refractivity contribution < 1.29 is 8.42 Å². The van der Waals surface area contributed by atoms with Crippen molar-refractivity contribution in [2.45, 2.75) is 32.2 Å². The highest BCUT2D eigenvalue weighted by Gasteiger charge is 2.19. The summed E-state index contributed by atoms with van der Waals surface area (Å²) in [5, 5.41) is 4.11. The summed E-state index contributed by atoms with van der Waals surface area (Å²) in [5.74, 6) is 0.682. The van der Waals surface area contributed by atoms with E-state index in [1.807, 2.05) is 45.0 Å². The van der Waals surface area contributed by atoms with Gasteiger partial charge in [-0.25, -0.2) is 22.8 Å². The molecular weight excluding hydrogens is 336 g/mol. The van der Waals surface area contributed by atoms with Crippen LogP contribution in [0.1, 0.15) is 22.3 Å². The molecule has 3 aromatic rings. The predicted octanol–water partition coefficient (Wildman–Crippen LogP) is 2.67. The summed E-state index contributed by atoms with van der Waals surface area (Å²) in [4.78, 5) is 4.65. The third-order valence-corrected chi connectivity index (χ3v) is 5.59. The summed E-state index contributed by atoms with van der Waals surface area (Å²) in [6.07, 6.45) is 5.12. The van der Waals surface area contributed by atoms with Gasteiger partial charge in [0, 0.05) is 25.1 Å². The van der Waals surface area contributed by atoms with Gasteiger partial charge in [0.2, 0.25) is 10.0 Å². The lowest BCUT2D eigenvalue weighted by atomic mass is 10.1. The van der Waals surface area contributed by atoms with Crippen LogP contribution in [0.15, 0.2) is 53.8 Å². The Morgan fingerprint density at radius 3 is 2.40 bits per heavy atom. The third-order valence-electron chi connectivity index (χ3n) is 3.89. The van der Waals surface area contributed by atoms with E-state index in [0.717, 1.165) is 22.3 Å². The minimum atomic E-state index is -3.59. The Balaban J connectivity index is 1.77. The number of hydrogen-bond acceptors (Lipinski definition) is 4. The monoisotopic (exact) mass is 356 g/mol. The first kappa shape index (κ1) is 17.3. The molecule has 0 spiro atoms. The zero-order valence-corrected chi connectivity index (χ0v) is 15.2. The van der Waals surface area contributed by atoms with Crippen molar-refractivity contribution in [2.75, 3.05) is 0 Å². The van der Waals surface area contributed by atoms with Gasteiger partial charge in [-0.1, -0.05) is 23.8 Å². The lowest BCUT2D eigenvalue weighted by Crippen LogP contribution is -2.25. The van der Waals surface area contributed by atoms with Crippen LogP contribution in [0.25, 0.3) is 5.82 Å². The number of benzene rings is 1. The van der Waals surface area contributed by atoms with Gasteiger partial charge < -0.3 is 0 Å². The average Bonchev–Trinajstić information content (AvgIpc) is 3.06. The maximum atomic E-state index is 12.7. The maximum absolute atomic E-state index is 12.7. The van der Waals surface area contributed by atoms with Gasteiger partial charge in [0.1, 0.15) is 0 Å². The highest BCUT2D eigenvalue weighted by Crippen LogP contribution is 2.21. The Morgan fingerprint density at radius 1 is 1.12 bits per heavy atom. The Kier molecular flexibility index (Phi) is 4.69. The molecule has 0 bridgehead atoms. The van der Waals surface area contributed by atoms with Gasteiger partial charge in [-0.15, -0.1) is 0 Å². The summed E-state index contributed by atoms with van der Waals surface area (Å²) < 4.78 is 29.6. The molecule has 3 rings (SSSR count). The van der Waals surface area contributed by atoms with Crippen molar-refractivity contribution in [1.82, 2.24) is 19.5 Å². The van der Waals surface area contributed by atoms with Crippen molar-refractivity contribution in [2.24, 2.45) is 0 Å². The van der Waals surface area contributed by atoms with E-state index < -0.39 is 10.0 Å². The van der Waals surface area contributed by atoms with Crippen LogP contribution in [0.3, 0.4) is 0 Å². The van der Waals surface area contributed by atoms with Gasteiger partial charge in [-0.05, 0) is 49.6 Å². The standard InChI is InChI=1S/C18H20N4O2S/c1-13-9-14(2)18(15(3)10-13)25(23,24)21-12-16-5-6-17(19-11-16)22-8-4-7-20-22/h4-11,21H,12H2,1-3H3. The number of pyridine rings is 1. The Hall–Kier alpha value is -2.51. The minimum Gasteiger partial charge on any atom is -0.237 e. The zero-order valence-electron chi connectivity index (χ0n) is 14.4. The Labute approximate surface area is 147 Å². The first-order valence-corrected chi connectivity index (χ1v) is 9.37. The molecule has 0 amide bonds. The van der Waals surface area contributed by atoms with Crippen LogP contribution in [-0.4, -0.2) is 23.2 Å². The normalized spacial score (nSPS) is 11.6. The fourth-order valence-corrected chi connectivity index (χ4v) is 4.37. The summed E-state index contributed by atoms with van der Waals surface area (Å²) in [6.45, 7) is 5.77. The summed E-state index contributed by atoms with van der Waals surface area (Å²) in [7, 11) is -3.59. The minimum absolute atomic E-state index is 0.182. The van der Waals surface area contributed by atoms with Crippen molar-refractivity contribution in [3.8, 4) is 5.82 Å². The number of hydrogen-bond donors (Lipinski definition) is 1. The van der Waals surface area contributed by atoms with E-state index in [2.05, 4.69) is 14.8 Å². The number of aryl methyl sites for hydroxylation is 3. The van der Waals surface area contributed by atoms with Crippen LogP contribution in [0.5, 0.6) is 0 Å². The van der Waals surface area contributed by atoms with Gasteiger partial charge in [0.15, 0.2) is 5.82 Å². The van der Waals surface area contributed by atoms with Gasteiger partial charge in [0.25, 0.3) is 0 Å². The van der Waals surface area contributed by atoms with E-state index in [-0.39, 0.29) is 6.54 Å². The highest BCUT2D eigenvalue weighted by atomic mass is 32.2. The molecule has 6 nitrogen and oxygen atoms in total. The molecule has 2 heterocycles. The summed E-state index contributed by atoms with van der Waals surface area (Å²) in [6, 6.07) is 9.21. The van der Waals surface area contributed by atoms with Crippen LogP contribution in [0.2, 0.25) is 0 Å². The molecule has 0 unspecified atom stereocenters. The quantitative estimate of drug-likeness (QED) is 0.762. The van der Waals surface area contributed by atoms with E-state index >= 15 is 0 Å². The molecule has 0 radical (unpaired) electrons. The predicted molar refractivity (Wildman–Crippen MR) is 96.0 cm³/mol. The summed E-state index contributed by atoms with van der Waals surface area (Å²) >= 11 is 0. The lowest BCUT2D eigenvalue weighted by Gasteiger charge is -2.13. The van der Waals surface area contributed by atoms with Crippen molar-refractivity contribution >= 4 is 10.0 Å². The summed E-state index contributed by atoms with van der Waals surface area (Å²) in [5.41, 5.74) is 3.32. The van der Waals surface area contributed by atoms with E-state index in [1.54, 1.807) is 29.3 Å². The van der Waals surface area contributed by atoms with Gasteiger partial charge in [-0.3, -0.25) is 0 Å². The molecule has 0 aliphatic heterocycles. The fourth-order valence-electron chi connectivity index (χ4n) is 2.90. The van der Waals surface area contributed by atoms with Gasteiger partial charge in [-0.2, -0.15) is 5.10 Å². The topological polar surface area (TPSA) is 76.9 Å². The van der Waals surface area contributed by atoms with Crippen molar-refractivity contribution in [3.63, 3.8) is 0 Å². The van der Waals surface area contributed by atoms with Crippen LogP contribution < -0.4 is 4.72 Å². The Bertz CT molecular complexity index is 955. The average molecular weight is 356 g/mol. The Morgan fingerprint density at radius 2 is 1.84 bits per heavy atom. The van der Waals surface area contributed by atoms with Crippen LogP contribution in [-0.2, 0) is 16.6 Å². The number of aromatic nitrogens is 3. The van der Waals surface area contributed by atoms with Crippen molar-refractivity contribution in [1.29, 1.82) is 0 Å². The van der Waals surface area contributed by atoms with Gasteiger partial charge >= 0.3 is 0 Å². The van der Waals surface area contributed by atoms with E-state index in [0.29, 0.717) is 10.7 Å². The lowest BCUT2D eigenvalue weighted by molar-refractivity contribution is 0.580. The molecule has 7 heteroatoms. The molecule has 0 atom stereocenters. The van der Waals surface area contributed by atoms with Crippen molar-refractivity contribution in [3.05, 3.63) is 71.2 Å². The van der Waals surface area contributed by atoms with Gasteiger partial charge in [0.05, 0.1) is 4.90 Å². The molecular formula is C18H20N4O2S. The first-order chi connectivity index (χ1) is 11.9. The second-order valence-electron chi connectivity index (χ2n) is 6.03. The first-order valence-electron chi connectivity index (χ1n) is 7.89. The molecule has 130 valence electrons. The zero-order chi connectivity index (χ0) is 18.0. The smallest absolute Gasteiger partial charge is 0.237 e. The SMILES string of the molecule is Cc1cc(C)c(S(=O)(=O)NCc2ccc(-n3cccn3)nc2)c(C)c1. The highest BCUT2D eigenvalue weighted by molar-refractivity contribution is 7.89. The molecule has 2 aromatic heterocycles. The number of rotatable bonds is 5. The molecule has 0 aliphatic carbocycles. The maximum Gasteiger partial charge on any atom is 0.241 e. The molecule has 25 heavy (non-hydrogen) atoms. The largest absolute Gasteiger partial charge is 0.241 e. The second-order valence-corrected chi connectivity index (χ2v) is 7.73. The van der Waals surface area contributed by atoms with E-state index in [9.17, 15) is 8.42 Å². The van der Waals surface area contributed by atoms with Crippen LogP contribution in [0.4, 0.5) is 0 Å². The number of sulfonamides is 1. The molecule has 0 fully saturated rings. The molecule has 1 aromatic carbocycles. The molecule has 0 aliphatic rings. The van der Waals surface area contributed by atoms with Crippen LogP contribution >= 0.6 is 0 Å². The third kappa shape index (κ3) is 3.78.